The molecule has 0 aliphatic carbocycles. The van der Waals surface area contributed by atoms with Gasteiger partial charge in [0.1, 0.15) is 0 Å². The summed E-state index contributed by atoms with van der Waals surface area (Å²) in [6.07, 6.45) is 0.799. The zero-order chi connectivity index (χ0) is 13.5. The molecule has 18 heavy (non-hydrogen) atoms. The highest BCUT2D eigenvalue weighted by Gasteiger charge is 2.23. The van der Waals surface area contributed by atoms with E-state index in [1.165, 1.54) is 0 Å². The number of ether oxygens (including phenoxy) is 1. The van der Waals surface area contributed by atoms with Gasteiger partial charge in [0.05, 0.1) is 24.8 Å². The standard InChI is InChI=1S/C13H23N3O2/c1-4-12(9-14)16-7-5-15(6-8-16)10-13(17)18-11(2)3/h11-12H,4-8,10H2,1-3H3. The van der Waals surface area contributed by atoms with Gasteiger partial charge in [-0.3, -0.25) is 14.6 Å². The van der Waals surface area contributed by atoms with Crippen LogP contribution in [0.1, 0.15) is 27.2 Å². The Kier molecular flexibility index (Phi) is 6.10. The molecule has 1 atom stereocenters. The number of nitrogens with zero attached hydrogens (tertiary/aromatic N) is 3. The minimum absolute atomic E-state index is 0.00904. The van der Waals surface area contributed by atoms with Crippen molar-refractivity contribution in [3.8, 4) is 6.07 Å². The molecule has 5 nitrogen and oxygen atoms in total. The Hall–Kier alpha value is -1.12. The Labute approximate surface area is 109 Å². The lowest BCUT2D eigenvalue weighted by Crippen LogP contribution is -2.51. The van der Waals surface area contributed by atoms with Crippen molar-refractivity contribution < 1.29 is 9.53 Å². The molecular formula is C13H23N3O2. The number of rotatable bonds is 5. The number of hydrogen-bond donors (Lipinski definition) is 0. The third kappa shape index (κ3) is 4.63. The first kappa shape index (κ1) is 14.9. The van der Waals surface area contributed by atoms with Crippen LogP contribution in [0.25, 0.3) is 0 Å². The highest BCUT2D eigenvalue weighted by Crippen LogP contribution is 2.08. The van der Waals surface area contributed by atoms with Crippen molar-refractivity contribution >= 4 is 5.97 Å². The number of carbonyl (C=O) groups is 1. The molecule has 1 unspecified atom stereocenters. The molecule has 0 saturated carbocycles. The molecule has 0 spiro atoms. The zero-order valence-electron chi connectivity index (χ0n) is 11.6. The quantitative estimate of drug-likeness (QED) is 0.680. The van der Waals surface area contributed by atoms with E-state index in [0.29, 0.717) is 6.54 Å². The number of carbonyl (C=O) groups excluding carboxylic acids is 1. The van der Waals surface area contributed by atoms with E-state index in [1.54, 1.807) is 0 Å². The van der Waals surface area contributed by atoms with Crippen LogP contribution in [0.5, 0.6) is 0 Å². The van der Waals surface area contributed by atoms with Gasteiger partial charge in [-0.05, 0) is 20.3 Å². The van der Waals surface area contributed by atoms with E-state index >= 15 is 0 Å². The van der Waals surface area contributed by atoms with Crippen LogP contribution in [-0.2, 0) is 9.53 Å². The number of esters is 1. The summed E-state index contributed by atoms with van der Waals surface area (Å²) in [6.45, 7) is 9.44. The van der Waals surface area contributed by atoms with Crippen LogP contribution >= 0.6 is 0 Å². The van der Waals surface area contributed by atoms with Crippen molar-refractivity contribution in [1.29, 1.82) is 5.26 Å². The van der Waals surface area contributed by atoms with E-state index in [4.69, 9.17) is 10.00 Å². The lowest BCUT2D eigenvalue weighted by molar-refractivity contribution is -0.149. The molecule has 1 rings (SSSR count). The van der Waals surface area contributed by atoms with E-state index in [1.807, 2.05) is 20.8 Å². The maximum atomic E-state index is 11.5. The maximum Gasteiger partial charge on any atom is 0.320 e. The smallest absolute Gasteiger partial charge is 0.320 e. The molecule has 1 aliphatic rings. The lowest BCUT2D eigenvalue weighted by Gasteiger charge is -2.36. The van der Waals surface area contributed by atoms with Crippen molar-refractivity contribution in [2.75, 3.05) is 32.7 Å². The largest absolute Gasteiger partial charge is 0.462 e. The lowest BCUT2D eigenvalue weighted by atomic mass is 10.2. The average Bonchev–Trinajstić information content (AvgIpc) is 2.31. The van der Waals surface area contributed by atoms with E-state index in [0.717, 1.165) is 32.6 Å². The fraction of sp³-hybridized carbons (Fsp3) is 0.846. The van der Waals surface area contributed by atoms with Crippen LogP contribution in [0.3, 0.4) is 0 Å². The molecule has 0 bridgehead atoms. The van der Waals surface area contributed by atoms with Gasteiger partial charge in [0.2, 0.25) is 0 Å². The van der Waals surface area contributed by atoms with Crippen LogP contribution in [-0.4, -0.2) is 60.6 Å². The van der Waals surface area contributed by atoms with Gasteiger partial charge < -0.3 is 4.74 Å². The predicted octanol–water partition coefficient (Wildman–Crippen LogP) is 0.858. The van der Waals surface area contributed by atoms with Gasteiger partial charge in [0, 0.05) is 26.2 Å². The van der Waals surface area contributed by atoms with E-state index < -0.39 is 0 Å². The van der Waals surface area contributed by atoms with Crippen LogP contribution in [0.2, 0.25) is 0 Å². The monoisotopic (exact) mass is 253 g/mol. The first-order valence-electron chi connectivity index (χ1n) is 6.62. The highest BCUT2D eigenvalue weighted by molar-refractivity contribution is 5.71. The summed E-state index contributed by atoms with van der Waals surface area (Å²) >= 11 is 0. The molecule has 102 valence electrons. The van der Waals surface area contributed by atoms with Crippen LogP contribution in [0, 0.1) is 11.3 Å². The summed E-state index contributed by atoms with van der Waals surface area (Å²) in [5.74, 6) is -0.161. The second kappa shape index (κ2) is 7.34. The molecule has 1 heterocycles. The third-order valence-electron chi connectivity index (χ3n) is 3.10. The van der Waals surface area contributed by atoms with Gasteiger partial charge in [-0.25, -0.2) is 0 Å². The van der Waals surface area contributed by atoms with Crippen molar-refractivity contribution in [2.24, 2.45) is 0 Å². The first-order chi connectivity index (χ1) is 8.56. The minimum atomic E-state index is -0.161. The molecule has 0 aromatic heterocycles. The topological polar surface area (TPSA) is 56.6 Å². The van der Waals surface area contributed by atoms with Gasteiger partial charge in [-0.1, -0.05) is 6.92 Å². The normalized spacial score (nSPS) is 19.5. The van der Waals surface area contributed by atoms with Gasteiger partial charge >= 0.3 is 5.97 Å². The Morgan fingerprint density at radius 1 is 1.33 bits per heavy atom. The fourth-order valence-corrected chi connectivity index (χ4v) is 2.15. The molecule has 5 heteroatoms. The van der Waals surface area contributed by atoms with Crippen LogP contribution in [0.4, 0.5) is 0 Å². The molecular weight excluding hydrogens is 230 g/mol. The van der Waals surface area contributed by atoms with Gasteiger partial charge in [0.25, 0.3) is 0 Å². The maximum absolute atomic E-state index is 11.5. The molecule has 1 fully saturated rings. The Balaban J connectivity index is 2.31. The average molecular weight is 253 g/mol. The molecule has 1 saturated heterocycles. The van der Waals surface area contributed by atoms with Crippen molar-refractivity contribution in [3.63, 3.8) is 0 Å². The summed E-state index contributed by atoms with van der Waals surface area (Å²) in [5, 5.41) is 9.01. The van der Waals surface area contributed by atoms with Gasteiger partial charge in [-0.2, -0.15) is 5.26 Å². The summed E-state index contributed by atoms with van der Waals surface area (Å²) in [6, 6.07) is 2.33. The second-order valence-corrected chi connectivity index (χ2v) is 4.90. The molecule has 1 aliphatic heterocycles. The van der Waals surface area contributed by atoms with E-state index in [2.05, 4.69) is 15.9 Å². The van der Waals surface area contributed by atoms with Crippen LogP contribution < -0.4 is 0 Å². The van der Waals surface area contributed by atoms with Crippen molar-refractivity contribution in [2.45, 2.75) is 39.3 Å². The number of nitriles is 1. The van der Waals surface area contributed by atoms with Crippen molar-refractivity contribution in [3.05, 3.63) is 0 Å². The molecule has 0 aromatic carbocycles. The highest BCUT2D eigenvalue weighted by atomic mass is 16.5. The summed E-state index contributed by atoms with van der Waals surface area (Å²) in [5.41, 5.74) is 0. The molecule has 0 N–H and O–H groups in total. The number of hydrogen-bond acceptors (Lipinski definition) is 5. The van der Waals surface area contributed by atoms with Gasteiger partial charge in [-0.15, -0.1) is 0 Å². The first-order valence-corrected chi connectivity index (χ1v) is 6.62. The molecule has 0 radical (unpaired) electrons. The van der Waals surface area contributed by atoms with Crippen LogP contribution in [0.15, 0.2) is 0 Å². The Morgan fingerprint density at radius 2 is 1.94 bits per heavy atom. The fourth-order valence-electron chi connectivity index (χ4n) is 2.15. The van der Waals surface area contributed by atoms with E-state index in [-0.39, 0.29) is 18.1 Å². The predicted molar refractivity (Wildman–Crippen MR) is 68.9 cm³/mol. The Bertz CT molecular complexity index is 304. The second-order valence-electron chi connectivity index (χ2n) is 4.90. The molecule has 0 aromatic rings. The number of piperazine rings is 1. The Morgan fingerprint density at radius 3 is 2.39 bits per heavy atom. The third-order valence-corrected chi connectivity index (χ3v) is 3.10. The van der Waals surface area contributed by atoms with Crippen molar-refractivity contribution in [1.82, 2.24) is 9.80 Å². The summed E-state index contributed by atoms with van der Waals surface area (Å²) in [7, 11) is 0. The SMILES string of the molecule is CCC(C#N)N1CCN(CC(=O)OC(C)C)CC1. The summed E-state index contributed by atoms with van der Waals surface area (Å²) in [4.78, 5) is 15.8. The van der Waals surface area contributed by atoms with Gasteiger partial charge in [0.15, 0.2) is 0 Å². The molecule has 0 amide bonds. The van der Waals surface area contributed by atoms with E-state index in [9.17, 15) is 4.79 Å². The summed E-state index contributed by atoms with van der Waals surface area (Å²) < 4.78 is 5.12. The minimum Gasteiger partial charge on any atom is -0.462 e. The zero-order valence-corrected chi connectivity index (χ0v) is 11.6.